The Morgan fingerprint density at radius 1 is 1.50 bits per heavy atom. The minimum Gasteiger partial charge on any atom is -0.458 e. The highest BCUT2D eigenvalue weighted by Crippen LogP contribution is 2.35. The molecule has 0 saturated carbocycles. The monoisotopic (exact) mass is 234 g/mol. The minimum absolute atomic E-state index is 0.484. The summed E-state index contributed by atoms with van der Waals surface area (Å²) in [5, 5.41) is 1.94. The summed E-state index contributed by atoms with van der Waals surface area (Å²) < 4.78 is 11.3. The van der Waals surface area contributed by atoms with Crippen LogP contribution in [0.15, 0.2) is 35.5 Å². The maximum atomic E-state index is 5.71. The fourth-order valence-electron chi connectivity index (χ4n) is 1.66. The molecule has 2 aliphatic rings. The van der Waals surface area contributed by atoms with Gasteiger partial charge in [-0.25, -0.2) is 0 Å². The summed E-state index contributed by atoms with van der Waals surface area (Å²) in [6.45, 7) is 0.778. The van der Waals surface area contributed by atoms with Gasteiger partial charge in [-0.3, -0.25) is 0 Å². The Bertz CT molecular complexity index is 390. The second-order valence-corrected chi connectivity index (χ2v) is 4.32. The van der Waals surface area contributed by atoms with Crippen LogP contribution in [0.1, 0.15) is 12.8 Å². The molecule has 2 heterocycles. The number of allylic oxidation sites excluding steroid dienone is 3. The van der Waals surface area contributed by atoms with Gasteiger partial charge in [0.2, 0.25) is 5.79 Å². The molecule has 0 aromatic carbocycles. The molecule has 0 bridgehead atoms. The van der Waals surface area contributed by atoms with E-state index in [4.69, 9.17) is 9.47 Å². The van der Waals surface area contributed by atoms with Crippen molar-refractivity contribution in [3.05, 3.63) is 35.5 Å². The Morgan fingerprint density at radius 3 is 3.19 bits per heavy atom. The van der Waals surface area contributed by atoms with E-state index in [9.17, 15) is 0 Å². The van der Waals surface area contributed by atoms with Gasteiger partial charge in [-0.05, 0) is 36.3 Å². The lowest BCUT2D eigenvalue weighted by atomic mass is 10.2. The van der Waals surface area contributed by atoms with Gasteiger partial charge in [0, 0.05) is 12.5 Å². The number of rotatable bonds is 1. The Balaban J connectivity index is 1.93. The molecule has 2 rings (SSSR count). The van der Waals surface area contributed by atoms with Crippen molar-refractivity contribution in [2.24, 2.45) is 0 Å². The predicted octanol–water partition coefficient (Wildman–Crippen LogP) is 2.84. The zero-order valence-electron chi connectivity index (χ0n) is 9.23. The number of ether oxygens (including phenoxy) is 2. The molecule has 3 heteroatoms. The van der Waals surface area contributed by atoms with Crippen LogP contribution in [0.5, 0.6) is 0 Å². The largest absolute Gasteiger partial charge is 0.458 e. The number of hydrogen-bond donors (Lipinski definition) is 0. The molecular formula is C13H14O2S. The van der Waals surface area contributed by atoms with Crippen LogP contribution < -0.4 is 0 Å². The lowest BCUT2D eigenvalue weighted by Crippen LogP contribution is -2.24. The van der Waals surface area contributed by atoms with Crippen molar-refractivity contribution in [3.63, 3.8) is 0 Å². The molecule has 1 atom stereocenters. The minimum atomic E-state index is -0.484. The molecule has 1 saturated heterocycles. The summed E-state index contributed by atoms with van der Waals surface area (Å²) in [6, 6.07) is 0. The van der Waals surface area contributed by atoms with E-state index in [1.54, 1.807) is 17.8 Å². The van der Waals surface area contributed by atoms with E-state index < -0.39 is 5.79 Å². The summed E-state index contributed by atoms with van der Waals surface area (Å²) in [4.78, 5) is 0. The molecule has 1 unspecified atom stereocenters. The van der Waals surface area contributed by atoms with E-state index in [0.717, 1.165) is 25.2 Å². The van der Waals surface area contributed by atoms with Gasteiger partial charge in [0.1, 0.15) is 5.76 Å². The standard InChI is InChI=1S/C13H14O2S/c1-16-11-4-2-3-6-12-7-9-13(15-12)8-5-10-14-13/h4,6-7,9,11H,5,8,10H2,1H3. The fourth-order valence-corrected chi connectivity index (χ4v) is 1.87. The Morgan fingerprint density at radius 2 is 2.44 bits per heavy atom. The van der Waals surface area contributed by atoms with Crippen LogP contribution in [-0.2, 0) is 9.47 Å². The van der Waals surface area contributed by atoms with Gasteiger partial charge < -0.3 is 9.47 Å². The summed E-state index contributed by atoms with van der Waals surface area (Å²) in [7, 11) is 0. The molecule has 1 spiro atoms. The van der Waals surface area contributed by atoms with Gasteiger partial charge >= 0.3 is 0 Å². The Hall–Kier alpha value is -1.11. The summed E-state index contributed by atoms with van der Waals surface area (Å²) in [5.41, 5.74) is 0. The highest BCUT2D eigenvalue weighted by atomic mass is 32.2. The van der Waals surface area contributed by atoms with Gasteiger partial charge in [0.15, 0.2) is 0 Å². The molecule has 84 valence electrons. The van der Waals surface area contributed by atoms with Gasteiger partial charge in [-0.2, -0.15) is 0 Å². The van der Waals surface area contributed by atoms with E-state index in [2.05, 4.69) is 11.8 Å². The van der Waals surface area contributed by atoms with E-state index in [1.807, 2.05) is 29.9 Å². The van der Waals surface area contributed by atoms with E-state index in [-0.39, 0.29) is 0 Å². The lowest BCUT2D eigenvalue weighted by molar-refractivity contribution is -0.135. The maximum Gasteiger partial charge on any atom is 0.230 e. The zero-order chi connectivity index (χ0) is 11.3. The highest BCUT2D eigenvalue weighted by molar-refractivity contribution is 8.01. The van der Waals surface area contributed by atoms with Gasteiger partial charge in [-0.1, -0.05) is 11.8 Å². The Labute approximate surface area is 100 Å². The van der Waals surface area contributed by atoms with E-state index >= 15 is 0 Å². The van der Waals surface area contributed by atoms with Crippen LogP contribution in [0.25, 0.3) is 0 Å². The van der Waals surface area contributed by atoms with Crippen molar-refractivity contribution in [1.82, 2.24) is 0 Å². The molecule has 1 fully saturated rings. The normalized spacial score (nSPS) is 29.9. The quantitative estimate of drug-likeness (QED) is 0.650. The average Bonchev–Trinajstić information content (AvgIpc) is 2.90. The fraction of sp³-hybridized carbons (Fsp3) is 0.385. The van der Waals surface area contributed by atoms with Crippen molar-refractivity contribution < 1.29 is 9.47 Å². The molecule has 0 aromatic heterocycles. The molecule has 2 nitrogen and oxygen atoms in total. The zero-order valence-corrected chi connectivity index (χ0v) is 10.0. The second-order valence-electron chi connectivity index (χ2n) is 3.57. The van der Waals surface area contributed by atoms with Gasteiger partial charge in [0.05, 0.1) is 6.61 Å². The second kappa shape index (κ2) is 5.29. The van der Waals surface area contributed by atoms with Crippen LogP contribution in [0.4, 0.5) is 0 Å². The number of hydrogen-bond acceptors (Lipinski definition) is 3. The molecule has 0 N–H and O–H groups in total. The summed E-state index contributed by atoms with van der Waals surface area (Å²) in [6.07, 6.45) is 11.5. The molecule has 0 amide bonds. The van der Waals surface area contributed by atoms with Crippen molar-refractivity contribution in [3.8, 4) is 11.8 Å². The smallest absolute Gasteiger partial charge is 0.230 e. The third-order valence-corrected chi connectivity index (χ3v) is 2.80. The van der Waals surface area contributed by atoms with E-state index in [0.29, 0.717) is 0 Å². The molecule has 0 radical (unpaired) electrons. The van der Waals surface area contributed by atoms with Crippen molar-refractivity contribution in [2.45, 2.75) is 18.6 Å². The molecule has 16 heavy (non-hydrogen) atoms. The first-order valence-corrected chi connectivity index (χ1v) is 6.55. The van der Waals surface area contributed by atoms with E-state index in [1.165, 1.54) is 0 Å². The summed E-state index contributed by atoms with van der Waals surface area (Å²) >= 11 is 1.63. The highest BCUT2D eigenvalue weighted by Gasteiger charge is 2.38. The molecular weight excluding hydrogens is 220 g/mol. The van der Waals surface area contributed by atoms with Crippen LogP contribution >= 0.6 is 11.8 Å². The lowest BCUT2D eigenvalue weighted by Gasteiger charge is -2.20. The maximum absolute atomic E-state index is 5.71. The predicted molar refractivity (Wildman–Crippen MR) is 66.7 cm³/mol. The van der Waals surface area contributed by atoms with Crippen molar-refractivity contribution in [2.75, 3.05) is 12.9 Å². The van der Waals surface area contributed by atoms with Crippen LogP contribution in [0.3, 0.4) is 0 Å². The molecule has 0 aromatic rings. The van der Waals surface area contributed by atoms with Crippen LogP contribution in [-0.4, -0.2) is 18.6 Å². The third kappa shape index (κ3) is 2.72. The molecule has 2 aliphatic heterocycles. The van der Waals surface area contributed by atoms with Crippen LogP contribution in [0.2, 0.25) is 0 Å². The van der Waals surface area contributed by atoms with Gasteiger partial charge in [-0.15, -0.1) is 11.8 Å². The van der Waals surface area contributed by atoms with Crippen LogP contribution in [0, 0.1) is 11.8 Å². The first-order valence-electron chi connectivity index (χ1n) is 5.26. The average molecular weight is 234 g/mol. The number of thioether (sulfide) groups is 1. The first kappa shape index (κ1) is 11.4. The first-order chi connectivity index (χ1) is 7.85. The van der Waals surface area contributed by atoms with Crippen molar-refractivity contribution >= 4 is 11.8 Å². The SMILES string of the molecule is CSC=CC#CC=C1C=CC2(CCCO2)O1. The topological polar surface area (TPSA) is 18.5 Å². The third-order valence-electron chi connectivity index (χ3n) is 2.39. The Kier molecular flexibility index (Phi) is 3.76. The van der Waals surface area contributed by atoms with Crippen molar-refractivity contribution in [1.29, 1.82) is 0 Å². The molecule has 0 aliphatic carbocycles. The van der Waals surface area contributed by atoms with Gasteiger partial charge in [0.25, 0.3) is 0 Å². The summed E-state index contributed by atoms with van der Waals surface area (Å²) in [5.74, 6) is 6.13.